The van der Waals surface area contributed by atoms with Crippen LogP contribution in [0.5, 0.6) is 5.75 Å². The Labute approximate surface area is 167 Å². The van der Waals surface area contributed by atoms with Gasteiger partial charge in [0.15, 0.2) is 0 Å². The molecule has 2 N–H and O–H groups in total. The van der Waals surface area contributed by atoms with Crippen LogP contribution in [-0.2, 0) is 0 Å². The average molecular weight is 396 g/mol. The second kappa shape index (κ2) is 8.54. The molecule has 6 nitrogen and oxygen atoms in total. The van der Waals surface area contributed by atoms with Crippen molar-refractivity contribution in [3.63, 3.8) is 0 Å². The highest BCUT2D eigenvalue weighted by Crippen LogP contribution is 2.28. The number of hydrogen-bond donors (Lipinski definition) is 2. The van der Waals surface area contributed by atoms with Crippen LogP contribution in [0.1, 0.15) is 26.5 Å². The Morgan fingerprint density at radius 2 is 1.54 bits per heavy atom. The first-order chi connectivity index (χ1) is 13.5. The van der Waals surface area contributed by atoms with Gasteiger partial charge in [-0.25, -0.2) is 4.98 Å². The minimum absolute atomic E-state index is 0.0967. The Bertz CT molecular complexity index is 1040. The molecule has 0 unspecified atom stereocenters. The van der Waals surface area contributed by atoms with Crippen LogP contribution in [-0.4, -0.2) is 23.9 Å². The number of benzene rings is 2. The number of aromatic nitrogens is 1. The molecular formula is C21H18ClN3O3. The normalized spacial score (nSPS) is 10.2. The van der Waals surface area contributed by atoms with Crippen molar-refractivity contribution in [1.29, 1.82) is 0 Å². The molecule has 0 aliphatic heterocycles. The number of ether oxygens (including phenoxy) is 1. The number of nitrogens with one attached hydrogen (secondary N) is 2. The average Bonchev–Trinajstić information content (AvgIpc) is 2.70. The molecule has 0 aliphatic carbocycles. The quantitative estimate of drug-likeness (QED) is 0.663. The number of hydrogen-bond acceptors (Lipinski definition) is 4. The SMILES string of the molecule is COc1ccc(Cl)cc1NC(=O)c1cccc(C(=O)Nc2ccccc2C)n1. The number of methoxy groups -OCH3 is 1. The first-order valence-electron chi connectivity index (χ1n) is 8.47. The summed E-state index contributed by atoms with van der Waals surface area (Å²) < 4.78 is 5.22. The summed E-state index contributed by atoms with van der Waals surface area (Å²) in [5, 5.41) is 5.95. The molecule has 1 heterocycles. The van der Waals surface area contributed by atoms with Crippen LogP contribution in [0.15, 0.2) is 60.7 Å². The number of para-hydroxylation sites is 1. The van der Waals surface area contributed by atoms with Gasteiger partial charge in [0, 0.05) is 10.7 Å². The van der Waals surface area contributed by atoms with Crippen molar-refractivity contribution in [2.24, 2.45) is 0 Å². The highest BCUT2D eigenvalue weighted by atomic mass is 35.5. The van der Waals surface area contributed by atoms with Gasteiger partial charge in [-0.2, -0.15) is 0 Å². The predicted octanol–water partition coefficient (Wildman–Crippen LogP) is 4.56. The van der Waals surface area contributed by atoms with Crippen LogP contribution in [0.4, 0.5) is 11.4 Å². The molecule has 2 amide bonds. The molecule has 0 aliphatic rings. The van der Waals surface area contributed by atoms with Crippen molar-refractivity contribution < 1.29 is 14.3 Å². The predicted molar refractivity (Wildman–Crippen MR) is 109 cm³/mol. The lowest BCUT2D eigenvalue weighted by Crippen LogP contribution is -2.19. The van der Waals surface area contributed by atoms with E-state index in [1.54, 1.807) is 36.4 Å². The number of nitrogens with zero attached hydrogens (tertiary/aromatic N) is 1. The molecule has 0 saturated heterocycles. The maximum absolute atomic E-state index is 12.6. The Morgan fingerprint density at radius 3 is 2.18 bits per heavy atom. The van der Waals surface area contributed by atoms with Gasteiger partial charge in [0.2, 0.25) is 0 Å². The van der Waals surface area contributed by atoms with E-state index in [2.05, 4.69) is 15.6 Å². The van der Waals surface area contributed by atoms with Gasteiger partial charge in [-0.15, -0.1) is 0 Å². The number of rotatable bonds is 5. The van der Waals surface area contributed by atoms with Gasteiger partial charge < -0.3 is 15.4 Å². The summed E-state index contributed by atoms with van der Waals surface area (Å²) in [5.41, 5.74) is 2.26. The zero-order valence-corrected chi connectivity index (χ0v) is 16.1. The molecule has 142 valence electrons. The van der Waals surface area contributed by atoms with Crippen molar-refractivity contribution in [1.82, 2.24) is 4.98 Å². The van der Waals surface area contributed by atoms with Crippen molar-refractivity contribution in [3.05, 3.63) is 82.6 Å². The summed E-state index contributed by atoms with van der Waals surface area (Å²) in [5.74, 6) is -0.415. The fourth-order valence-electron chi connectivity index (χ4n) is 2.55. The molecule has 3 aromatic rings. The van der Waals surface area contributed by atoms with E-state index in [0.717, 1.165) is 5.56 Å². The van der Waals surface area contributed by atoms with Crippen molar-refractivity contribution in [2.75, 3.05) is 17.7 Å². The van der Waals surface area contributed by atoms with Crippen molar-refractivity contribution in [3.8, 4) is 5.75 Å². The Morgan fingerprint density at radius 1 is 0.893 bits per heavy atom. The van der Waals surface area contributed by atoms with Gasteiger partial charge in [0.05, 0.1) is 12.8 Å². The van der Waals surface area contributed by atoms with Gasteiger partial charge in [0.1, 0.15) is 17.1 Å². The monoisotopic (exact) mass is 395 g/mol. The van der Waals surface area contributed by atoms with E-state index < -0.39 is 11.8 Å². The second-order valence-electron chi connectivity index (χ2n) is 5.98. The molecule has 0 bridgehead atoms. The van der Waals surface area contributed by atoms with E-state index in [1.807, 2.05) is 25.1 Å². The van der Waals surface area contributed by atoms with Crippen LogP contribution in [0.3, 0.4) is 0 Å². The number of amides is 2. The topological polar surface area (TPSA) is 80.3 Å². The van der Waals surface area contributed by atoms with Gasteiger partial charge >= 0.3 is 0 Å². The molecule has 28 heavy (non-hydrogen) atoms. The Kier molecular flexibility index (Phi) is 5.91. The molecule has 3 rings (SSSR count). The standard InChI is InChI=1S/C21H18ClN3O3/c1-13-6-3-4-7-15(13)24-20(26)16-8-5-9-17(23-16)21(27)25-18-12-14(22)10-11-19(18)28-2/h3-12H,1-2H3,(H,24,26)(H,25,27). The van der Waals surface area contributed by atoms with E-state index in [0.29, 0.717) is 22.1 Å². The van der Waals surface area contributed by atoms with Gasteiger partial charge in [-0.05, 0) is 48.9 Å². The largest absolute Gasteiger partial charge is 0.495 e. The summed E-state index contributed by atoms with van der Waals surface area (Å²) in [4.78, 5) is 29.3. The Balaban J connectivity index is 1.79. The first-order valence-corrected chi connectivity index (χ1v) is 8.84. The number of anilines is 2. The summed E-state index contributed by atoms with van der Waals surface area (Å²) in [6.45, 7) is 1.89. The first kappa shape index (κ1) is 19.4. The van der Waals surface area contributed by atoms with Crippen LogP contribution in [0.2, 0.25) is 5.02 Å². The minimum Gasteiger partial charge on any atom is -0.495 e. The van der Waals surface area contributed by atoms with Gasteiger partial charge in [-0.3, -0.25) is 9.59 Å². The lowest BCUT2D eigenvalue weighted by Gasteiger charge is -2.11. The van der Waals surface area contributed by atoms with E-state index in [1.165, 1.54) is 13.2 Å². The molecule has 0 radical (unpaired) electrons. The highest BCUT2D eigenvalue weighted by Gasteiger charge is 2.15. The summed E-state index contributed by atoms with van der Waals surface area (Å²) in [6.07, 6.45) is 0. The van der Waals surface area contributed by atoms with Crippen LogP contribution < -0.4 is 15.4 Å². The number of aryl methyl sites for hydroxylation is 1. The maximum Gasteiger partial charge on any atom is 0.274 e. The third-order valence-corrected chi connectivity index (χ3v) is 4.25. The van der Waals surface area contributed by atoms with Crippen molar-refractivity contribution in [2.45, 2.75) is 6.92 Å². The molecular weight excluding hydrogens is 378 g/mol. The van der Waals surface area contributed by atoms with Crippen molar-refractivity contribution >= 4 is 34.8 Å². The van der Waals surface area contributed by atoms with Gasteiger partial charge in [-0.1, -0.05) is 35.9 Å². The van der Waals surface area contributed by atoms with Gasteiger partial charge in [0.25, 0.3) is 11.8 Å². The molecule has 1 aromatic heterocycles. The number of halogens is 1. The third kappa shape index (κ3) is 4.47. The summed E-state index contributed by atoms with van der Waals surface area (Å²) in [7, 11) is 1.49. The number of carbonyl (C=O) groups excluding carboxylic acids is 2. The van der Waals surface area contributed by atoms with E-state index in [9.17, 15) is 9.59 Å². The maximum atomic E-state index is 12.6. The fourth-order valence-corrected chi connectivity index (χ4v) is 2.72. The summed E-state index contributed by atoms with van der Waals surface area (Å²) >= 11 is 5.98. The zero-order valence-electron chi connectivity index (χ0n) is 15.3. The Hall–Kier alpha value is -3.38. The van der Waals surface area contributed by atoms with Crippen LogP contribution in [0, 0.1) is 6.92 Å². The highest BCUT2D eigenvalue weighted by molar-refractivity contribution is 6.31. The number of carbonyl (C=O) groups is 2. The third-order valence-electron chi connectivity index (χ3n) is 4.02. The zero-order chi connectivity index (χ0) is 20.1. The molecule has 0 spiro atoms. The smallest absolute Gasteiger partial charge is 0.274 e. The van der Waals surface area contributed by atoms with Crippen LogP contribution >= 0.6 is 11.6 Å². The lowest BCUT2D eigenvalue weighted by molar-refractivity contribution is 0.101. The lowest BCUT2D eigenvalue weighted by atomic mass is 10.2. The minimum atomic E-state index is -0.480. The van der Waals surface area contributed by atoms with E-state index in [-0.39, 0.29) is 11.4 Å². The molecule has 0 fully saturated rings. The van der Waals surface area contributed by atoms with E-state index in [4.69, 9.17) is 16.3 Å². The fraction of sp³-hybridized carbons (Fsp3) is 0.0952. The molecule has 2 aromatic carbocycles. The molecule has 0 atom stereocenters. The second-order valence-corrected chi connectivity index (χ2v) is 6.41. The number of pyridine rings is 1. The van der Waals surface area contributed by atoms with E-state index >= 15 is 0 Å². The van der Waals surface area contributed by atoms with Crippen LogP contribution in [0.25, 0.3) is 0 Å². The molecule has 0 saturated carbocycles. The molecule has 7 heteroatoms. The summed E-state index contributed by atoms with van der Waals surface area (Å²) in [6, 6.07) is 17.0.